The fourth-order valence-corrected chi connectivity index (χ4v) is 2.12. The largest absolute Gasteiger partial charge is 0.477 e. The topological polar surface area (TPSA) is 87.6 Å². The zero-order valence-electron chi connectivity index (χ0n) is 15.6. The molecule has 1 amide bonds. The summed E-state index contributed by atoms with van der Waals surface area (Å²) in [6, 6.07) is 3.86. The van der Waals surface area contributed by atoms with E-state index in [-0.39, 0.29) is 18.0 Å². The van der Waals surface area contributed by atoms with Crippen molar-refractivity contribution >= 4 is 11.9 Å². The molecular weight excluding hydrogens is 318 g/mol. The highest BCUT2D eigenvalue weighted by Crippen LogP contribution is 2.29. The van der Waals surface area contributed by atoms with Gasteiger partial charge in [-0.2, -0.15) is 0 Å². The quantitative estimate of drug-likeness (QED) is 0.513. The fourth-order valence-electron chi connectivity index (χ4n) is 2.12. The van der Waals surface area contributed by atoms with Crippen LogP contribution in [0, 0.1) is 5.92 Å². The Hall–Kier alpha value is -2.31. The van der Waals surface area contributed by atoms with Crippen molar-refractivity contribution in [2.75, 3.05) is 20.2 Å². The number of rotatable bonds is 7. The summed E-state index contributed by atoms with van der Waals surface area (Å²) < 4.78 is 5.62. The molecule has 0 bridgehead atoms. The molecule has 0 aromatic carbocycles. The highest BCUT2D eigenvalue weighted by molar-refractivity contribution is 5.86. The second-order valence-electron chi connectivity index (χ2n) is 7.34. The summed E-state index contributed by atoms with van der Waals surface area (Å²) >= 11 is 0. The maximum absolute atomic E-state index is 11.8. The highest BCUT2D eigenvalue weighted by atomic mass is 16.5. The van der Waals surface area contributed by atoms with Crippen LogP contribution >= 0.6 is 0 Å². The number of nitrogens with one attached hydrogen (secondary N) is 3. The summed E-state index contributed by atoms with van der Waals surface area (Å²) in [5, 5.41) is 9.05. The number of carbonyl (C=O) groups is 1. The van der Waals surface area contributed by atoms with Crippen LogP contribution in [0.2, 0.25) is 0 Å². The number of nitrogens with zero attached hydrogens (tertiary/aromatic N) is 2. The number of guanidine groups is 1. The first-order valence-electron chi connectivity index (χ1n) is 8.69. The Kier molecular flexibility index (Phi) is 6.61. The number of aromatic nitrogens is 1. The van der Waals surface area contributed by atoms with Gasteiger partial charge in [-0.05, 0) is 45.1 Å². The van der Waals surface area contributed by atoms with Crippen LogP contribution in [-0.4, -0.2) is 42.6 Å². The maximum atomic E-state index is 11.8. The number of aliphatic imine (C=N–C) groups is 1. The molecule has 2 rings (SSSR count). The molecular formula is C18H29N5O2. The van der Waals surface area contributed by atoms with Crippen molar-refractivity contribution in [3.8, 4) is 5.88 Å². The van der Waals surface area contributed by atoms with E-state index in [1.807, 2.05) is 32.9 Å². The van der Waals surface area contributed by atoms with Gasteiger partial charge in [0.2, 0.25) is 11.8 Å². The fraction of sp³-hybridized carbons (Fsp3) is 0.611. The molecule has 1 aliphatic rings. The van der Waals surface area contributed by atoms with E-state index < -0.39 is 0 Å². The summed E-state index contributed by atoms with van der Waals surface area (Å²) in [6.07, 6.45) is 4.32. The molecule has 1 fully saturated rings. The third-order valence-corrected chi connectivity index (χ3v) is 3.58. The van der Waals surface area contributed by atoms with Crippen molar-refractivity contribution in [3.63, 3.8) is 0 Å². The minimum absolute atomic E-state index is 0.0747. The van der Waals surface area contributed by atoms with E-state index in [9.17, 15) is 4.79 Å². The van der Waals surface area contributed by atoms with Gasteiger partial charge in [-0.25, -0.2) is 4.98 Å². The molecule has 7 nitrogen and oxygen atoms in total. The van der Waals surface area contributed by atoms with Crippen LogP contribution in [-0.2, 0) is 11.3 Å². The second kappa shape index (κ2) is 8.69. The Morgan fingerprint density at radius 2 is 2.08 bits per heavy atom. The van der Waals surface area contributed by atoms with Gasteiger partial charge in [0.1, 0.15) is 0 Å². The molecule has 0 unspecified atom stereocenters. The minimum Gasteiger partial charge on any atom is -0.477 e. The molecule has 1 aliphatic carbocycles. The molecule has 0 atom stereocenters. The molecule has 1 aromatic rings. The molecule has 7 heteroatoms. The van der Waals surface area contributed by atoms with Gasteiger partial charge >= 0.3 is 0 Å². The van der Waals surface area contributed by atoms with Crippen molar-refractivity contribution in [3.05, 3.63) is 23.9 Å². The molecule has 0 saturated heterocycles. The van der Waals surface area contributed by atoms with Gasteiger partial charge in [0.05, 0.1) is 13.2 Å². The summed E-state index contributed by atoms with van der Waals surface area (Å²) in [5.41, 5.74) is 0.769. The summed E-state index contributed by atoms with van der Waals surface area (Å²) in [6.45, 7) is 7.34. The van der Waals surface area contributed by atoms with Crippen molar-refractivity contribution in [1.82, 2.24) is 20.9 Å². The lowest BCUT2D eigenvalue weighted by Gasteiger charge is -2.21. The molecule has 0 aliphatic heterocycles. The van der Waals surface area contributed by atoms with Crippen LogP contribution in [0.4, 0.5) is 0 Å². The number of amides is 1. The average molecular weight is 347 g/mol. The maximum Gasteiger partial charge on any atom is 0.239 e. The summed E-state index contributed by atoms with van der Waals surface area (Å²) in [7, 11) is 1.67. The van der Waals surface area contributed by atoms with Crippen LogP contribution in [0.5, 0.6) is 5.88 Å². The van der Waals surface area contributed by atoms with E-state index in [4.69, 9.17) is 4.74 Å². The van der Waals surface area contributed by atoms with E-state index in [0.717, 1.165) is 12.2 Å². The van der Waals surface area contributed by atoms with Crippen molar-refractivity contribution < 1.29 is 9.53 Å². The van der Waals surface area contributed by atoms with E-state index in [1.165, 1.54) is 12.8 Å². The van der Waals surface area contributed by atoms with Gasteiger partial charge < -0.3 is 20.7 Å². The normalized spacial score (nSPS) is 14.8. The average Bonchev–Trinajstić information content (AvgIpc) is 3.37. The third-order valence-electron chi connectivity index (χ3n) is 3.58. The van der Waals surface area contributed by atoms with Crippen LogP contribution in [0.3, 0.4) is 0 Å². The highest BCUT2D eigenvalue weighted by Gasteiger charge is 2.22. The third kappa shape index (κ3) is 7.87. The van der Waals surface area contributed by atoms with Gasteiger partial charge in [-0.3, -0.25) is 9.79 Å². The molecule has 1 aromatic heterocycles. The van der Waals surface area contributed by atoms with Crippen LogP contribution < -0.4 is 20.7 Å². The predicted octanol–water partition coefficient (Wildman–Crippen LogP) is 1.45. The molecule has 138 valence electrons. The predicted molar refractivity (Wildman–Crippen MR) is 98.6 cm³/mol. The SMILES string of the molecule is CN=C(NCC(=O)NC(C)(C)C)NCc1ccc(OCC2CC2)nc1. The van der Waals surface area contributed by atoms with E-state index in [0.29, 0.717) is 24.3 Å². The molecule has 3 N–H and O–H groups in total. The first-order valence-corrected chi connectivity index (χ1v) is 8.69. The van der Waals surface area contributed by atoms with Crippen molar-refractivity contribution in [2.24, 2.45) is 10.9 Å². The van der Waals surface area contributed by atoms with Crippen LogP contribution in [0.1, 0.15) is 39.2 Å². The van der Waals surface area contributed by atoms with Gasteiger partial charge in [0, 0.05) is 31.4 Å². The number of ether oxygens (including phenoxy) is 1. The lowest BCUT2D eigenvalue weighted by atomic mass is 10.1. The van der Waals surface area contributed by atoms with E-state index in [1.54, 1.807) is 13.2 Å². The molecule has 0 spiro atoms. The Morgan fingerprint density at radius 3 is 2.64 bits per heavy atom. The lowest BCUT2D eigenvalue weighted by Crippen LogP contribution is -2.48. The standard InChI is InChI=1S/C18H29N5O2/c1-18(2,3)23-15(24)11-22-17(19-4)21-10-14-7-8-16(20-9-14)25-12-13-5-6-13/h7-9,13H,5-6,10-12H2,1-4H3,(H,23,24)(H2,19,21,22). The van der Waals surface area contributed by atoms with Crippen LogP contribution in [0.25, 0.3) is 0 Å². The van der Waals surface area contributed by atoms with Crippen LogP contribution in [0.15, 0.2) is 23.3 Å². The molecule has 1 saturated carbocycles. The van der Waals surface area contributed by atoms with E-state index in [2.05, 4.69) is 25.9 Å². The number of hydrogen-bond acceptors (Lipinski definition) is 4. The van der Waals surface area contributed by atoms with E-state index >= 15 is 0 Å². The van der Waals surface area contributed by atoms with Gasteiger partial charge in [-0.1, -0.05) is 6.07 Å². The lowest BCUT2D eigenvalue weighted by molar-refractivity contribution is -0.121. The van der Waals surface area contributed by atoms with Gasteiger partial charge in [0.25, 0.3) is 0 Å². The molecule has 1 heterocycles. The Morgan fingerprint density at radius 1 is 1.32 bits per heavy atom. The zero-order chi connectivity index (χ0) is 18.3. The molecule has 0 radical (unpaired) electrons. The number of carbonyl (C=O) groups excluding carboxylic acids is 1. The number of pyridine rings is 1. The van der Waals surface area contributed by atoms with Gasteiger partial charge in [-0.15, -0.1) is 0 Å². The Balaban J connectivity index is 1.71. The summed E-state index contributed by atoms with van der Waals surface area (Å²) in [5.74, 6) is 1.87. The zero-order valence-corrected chi connectivity index (χ0v) is 15.6. The Bertz CT molecular complexity index is 588. The minimum atomic E-state index is -0.245. The first kappa shape index (κ1) is 19.0. The first-order chi connectivity index (χ1) is 11.9. The summed E-state index contributed by atoms with van der Waals surface area (Å²) in [4.78, 5) is 20.2. The monoisotopic (exact) mass is 347 g/mol. The van der Waals surface area contributed by atoms with Gasteiger partial charge in [0.15, 0.2) is 5.96 Å². The Labute approximate surface area is 149 Å². The van der Waals surface area contributed by atoms with Crippen molar-refractivity contribution in [1.29, 1.82) is 0 Å². The smallest absolute Gasteiger partial charge is 0.239 e. The van der Waals surface area contributed by atoms with Crippen molar-refractivity contribution in [2.45, 2.75) is 45.7 Å². The number of hydrogen-bond donors (Lipinski definition) is 3. The second-order valence-corrected chi connectivity index (χ2v) is 7.34. The molecule has 25 heavy (non-hydrogen) atoms.